The summed E-state index contributed by atoms with van der Waals surface area (Å²) < 4.78 is 28.5. The van der Waals surface area contributed by atoms with Crippen LogP contribution in [0.1, 0.15) is 47.8 Å². The van der Waals surface area contributed by atoms with Crippen molar-refractivity contribution in [3.05, 3.63) is 53.3 Å². The van der Waals surface area contributed by atoms with Crippen LogP contribution >= 0.6 is 0 Å². The predicted molar refractivity (Wildman–Crippen MR) is 102 cm³/mol. The maximum absolute atomic E-state index is 13.7. The number of aromatic nitrogens is 3. The van der Waals surface area contributed by atoms with Crippen molar-refractivity contribution in [3.63, 3.8) is 0 Å². The number of piperidine rings is 1. The summed E-state index contributed by atoms with van der Waals surface area (Å²) in [5.41, 5.74) is 2.37. The van der Waals surface area contributed by atoms with Gasteiger partial charge in [-0.2, -0.15) is 5.10 Å². The number of rotatable bonds is 3. The third kappa shape index (κ3) is 3.37. The number of halogens is 2. The van der Waals surface area contributed by atoms with Gasteiger partial charge in [-0.25, -0.2) is 18.3 Å². The molecule has 7 heteroatoms. The molecule has 146 valence electrons. The van der Waals surface area contributed by atoms with Crippen molar-refractivity contribution in [3.8, 4) is 11.3 Å². The number of likely N-dealkylation sites (tertiary alicyclic amines) is 1. The molecule has 0 aliphatic carbocycles. The molecule has 1 aromatic carbocycles. The van der Waals surface area contributed by atoms with Crippen molar-refractivity contribution in [2.24, 2.45) is 5.92 Å². The Hall–Kier alpha value is -2.83. The number of benzene rings is 1. The van der Waals surface area contributed by atoms with E-state index in [0.717, 1.165) is 28.5 Å². The third-order valence-corrected chi connectivity index (χ3v) is 5.24. The van der Waals surface area contributed by atoms with Gasteiger partial charge in [0.25, 0.3) is 12.3 Å². The van der Waals surface area contributed by atoms with Crippen LogP contribution < -0.4 is 0 Å². The molecule has 1 aliphatic rings. The lowest BCUT2D eigenvalue weighted by atomic mass is 10.00. The Morgan fingerprint density at radius 1 is 1.25 bits per heavy atom. The van der Waals surface area contributed by atoms with E-state index in [1.165, 1.54) is 12.3 Å². The van der Waals surface area contributed by atoms with E-state index in [1.807, 2.05) is 31.2 Å². The van der Waals surface area contributed by atoms with Gasteiger partial charge in [0.15, 0.2) is 5.65 Å². The molecule has 1 amide bonds. The molecule has 0 spiro atoms. The van der Waals surface area contributed by atoms with Crippen LogP contribution in [0.15, 0.2) is 36.5 Å². The van der Waals surface area contributed by atoms with Crippen LogP contribution in [0.3, 0.4) is 0 Å². The molecule has 3 heterocycles. The number of fused-ring (bicyclic) bond motifs is 1. The molecule has 5 nitrogen and oxygen atoms in total. The molecular formula is C21H22F2N4O. The van der Waals surface area contributed by atoms with Gasteiger partial charge in [-0.1, -0.05) is 36.8 Å². The molecule has 4 rings (SSSR count). The van der Waals surface area contributed by atoms with Crippen LogP contribution in [0.25, 0.3) is 16.9 Å². The van der Waals surface area contributed by atoms with Gasteiger partial charge in [0.05, 0.1) is 11.9 Å². The first kappa shape index (κ1) is 18.5. The van der Waals surface area contributed by atoms with Gasteiger partial charge < -0.3 is 4.90 Å². The van der Waals surface area contributed by atoms with Crippen LogP contribution in [0.4, 0.5) is 8.78 Å². The topological polar surface area (TPSA) is 50.5 Å². The van der Waals surface area contributed by atoms with Crippen molar-refractivity contribution in [1.29, 1.82) is 0 Å². The standard InChI is InChI=1S/C21H22F2N4O/c1-13-5-7-15(8-6-13)17-10-18(19(22)23)27-20(25-17)16(11-24-27)21(28)26-9-3-4-14(2)12-26/h5-8,10-11,14,19H,3-4,9,12H2,1-2H3/t14-/m1/s1. The van der Waals surface area contributed by atoms with Crippen molar-refractivity contribution in [1.82, 2.24) is 19.5 Å². The highest BCUT2D eigenvalue weighted by atomic mass is 19.3. The second kappa shape index (κ2) is 7.30. The van der Waals surface area contributed by atoms with E-state index in [1.54, 1.807) is 4.90 Å². The molecular weight excluding hydrogens is 362 g/mol. The fraction of sp³-hybridized carbons (Fsp3) is 0.381. The lowest BCUT2D eigenvalue weighted by molar-refractivity contribution is 0.0684. The largest absolute Gasteiger partial charge is 0.338 e. The van der Waals surface area contributed by atoms with E-state index < -0.39 is 6.43 Å². The summed E-state index contributed by atoms with van der Waals surface area (Å²) in [6, 6.07) is 8.83. The second-order valence-electron chi connectivity index (χ2n) is 7.53. The molecule has 2 aromatic heterocycles. The highest BCUT2D eigenvalue weighted by Crippen LogP contribution is 2.28. The minimum atomic E-state index is -2.73. The van der Waals surface area contributed by atoms with Gasteiger partial charge >= 0.3 is 0 Å². The lowest BCUT2D eigenvalue weighted by Crippen LogP contribution is -2.39. The molecule has 0 N–H and O–H groups in total. The monoisotopic (exact) mass is 384 g/mol. The predicted octanol–water partition coefficient (Wildman–Crippen LogP) is 4.51. The van der Waals surface area contributed by atoms with E-state index in [2.05, 4.69) is 17.0 Å². The average Bonchev–Trinajstić information content (AvgIpc) is 3.11. The third-order valence-electron chi connectivity index (χ3n) is 5.24. The van der Waals surface area contributed by atoms with E-state index in [4.69, 9.17) is 0 Å². The zero-order chi connectivity index (χ0) is 19.8. The maximum Gasteiger partial charge on any atom is 0.280 e. The van der Waals surface area contributed by atoms with Gasteiger partial charge in [-0.15, -0.1) is 0 Å². The number of alkyl halides is 2. The highest BCUT2D eigenvalue weighted by Gasteiger charge is 2.27. The van der Waals surface area contributed by atoms with Gasteiger partial charge in [-0.05, 0) is 31.7 Å². The Kier molecular flexibility index (Phi) is 4.83. The van der Waals surface area contributed by atoms with E-state index in [9.17, 15) is 13.6 Å². The normalized spacial score (nSPS) is 17.5. The lowest BCUT2D eigenvalue weighted by Gasteiger charge is -2.30. The molecule has 28 heavy (non-hydrogen) atoms. The number of amides is 1. The summed E-state index contributed by atoms with van der Waals surface area (Å²) in [4.78, 5) is 19.3. The fourth-order valence-electron chi connectivity index (χ4n) is 3.71. The molecule has 0 saturated carbocycles. The summed E-state index contributed by atoms with van der Waals surface area (Å²) in [5, 5.41) is 4.05. The fourth-order valence-corrected chi connectivity index (χ4v) is 3.71. The van der Waals surface area contributed by atoms with Crippen molar-refractivity contribution in [2.45, 2.75) is 33.1 Å². The summed E-state index contributed by atoms with van der Waals surface area (Å²) in [5.74, 6) is 0.225. The van der Waals surface area contributed by atoms with E-state index in [0.29, 0.717) is 24.7 Å². The Labute approximate surface area is 162 Å². The zero-order valence-electron chi connectivity index (χ0n) is 15.9. The first-order valence-corrected chi connectivity index (χ1v) is 9.47. The van der Waals surface area contributed by atoms with Crippen LogP contribution in [-0.4, -0.2) is 38.5 Å². The van der Waals surface area contributed by atoms with E-state index >= 15 is 0 Å². The Morgan fingerprint density at radius 3 is 2.68 bits per heavy atom. The quantitative estimate of drug-likeness (QED) is 0.667. The molecule has 0 unspecified atom stereocenters. The first-order valence-electron chi connectivity index (χ1n) is 9.47. The molecule has 1 aliphatic heterocycles. The number of hydrogen-bond acceptors (Lipinski definition) is 3. The van der Waals surface area contributed by atoms with Crippen LogP contribution in [-0.2, 0) is 0 Å². The highest BCUT2D eigenvalue weighted by molar-refractivity contribution is 6.00. The molecule has 1 atom stereocenters. The van der Waals surface area contributed by atoms with Crippen LogP contribution in [0, 0.1) is 12.8 Å². The summed E-state index contributed by atoms with van der Waals surface area (Å²) in [7, 11) is 0. The molecule has 3 aromatic rings. The molecule has 1 fully saturated rings. The minimum absolute atomic E-state index is 0.177. The van der Waals surface area contributed by atoms with Gasteiger partial charge in [-0.3, -0.25) is 4.79 Å². The summed E-state index contributed by atoms with van der Waals surface area (Å²) in [6.07, 6.45) is 0.655. The Morgan fingerprint density at radius 2 is 2.00 bits per heavy atom. The number of hydrogen-bond donors (Lipinski definition) is 0. The maximum atomic E-state index is 13.7. The summed E-state index contributed by atoms with van der Waals surface area (Å²) in [6.45, 7) is 5.39. The number of aryl methyl sites for hydroxylation is 1. The number of carbonyl (C=O) groups excluding carboxylic acids is 1. The van der Waals surface area contributed by atoms with Gasteiger partial charge in [0.1, 0.15) is 11.3 Å². The summed E-state index contributed by atoms with van der Waals surface area (Å²) >= 11 is 0. The molecule has 1 saturated heterocycles. The van der Waals surface area contributed by atoms with Crippen molar-refractivity contribution in [2.75, 3.05) is 13.1 Å². The second-order valence-corrected chi connectivity index (χ2v) is 7.53. The molecule has 0 bridgehead atoms. The van der Waals surface area contributed by atoms with Crippen LogP contribution in [0.5, 0.6) is 0 Å². The first-order chi connectivity index (χ1) is 13.4. The Balaban J connectivity index is 1.82. The van der Waals surface area contributed by atoms with Crippen molar-refractivity contribution >= 4 is 11.6 Å². The zero-order valence-corrected chi connectivity index (χ0v) is 15.9. The Bertz CT molecular complexity index is 1010. The number of carbonyl (C=O) groups is 1. The van der Waals surface area contributed by atoms with Gasteiger partial charge in [0, 0.05) is 18.7 Å². The molecule has 0 radical (unpaired) electrons. The van der Waals surface area contributed by atoms with Crippen molar-refractivity contribution < 1.29 is 13.6 Å². The van der Waals surface area contributed by atoms with Crippen LogP contribution in [0.2, 0.25) is 0 Å². The SMILES string of the molecule is Cc1ccc(-c2cc(C(F)F)n3ncc(C(=O)N4CCC[C@@H](C)C4)c3n2)cc1. The minimum Gasteiger partial charge on any atom is -0.338 e. The average molecular weight is 384 g/mol. The van der Waals surface area contributed by atoms with E-state index in [-0.39, 0.29) is 22.8 Å². The number of nitrogens with zero attached hydrogens (tertiary/aromatic N) is 4. The smallest absolute Gasteiger partial charge is 0.280 e. The van der Waals surface area contributed by atoms with Gasteiger partial charge in [0.2, 0.25) is 0 Å².